The Morgan fingerprint density at radius 2 is 1.87 bits per heavy atom. The van der Waals surface area contributed by atoms with Crippen molar-refractivity contribution in [3.63, 3.8) is 0 Å². The molecule has 4 saturated carbocycles. The zero-order valence-electron chi connectivity index (χ0n) is 14.2. The second-order valence-electron chi connectivity index (χ2n) is 9.26. The molecule has 128 valence electrons. The number of carbonyl (C=O) groups excluding carboxylic acids is 2. The van der Waals surface area contributed by atoms with E-state index in [0.717, 1.165) is 12.8 Å². The van der Waals surface area contributed by atoms with Gasteiger partial charge in [0.2, 0.25) is 0 Å². The molecule has 0 radical (unpaired) electrons. The third kappa shape index (κ3) is 1.85. The van der Waals surface area contributed by atoms with Crippen LogP contribution in [0.3, 0.4) is 0 Å². The summed E-state index contributed by atoms with van der Waals surface area (Å²) in [4.78, 5) is 25.0. The summed E-state index contributed by atoms with van der Waals surface area (Å²) in [5, 5.41) is 21.9. The lowest BCUT2D eigenvalue weighted by atomic mass is 9.42. The van der Waals surface area contributed by atoms with Crippen LogP contribution in [-0.2, 0) is 9.59 Å². The number of aliphatic hydroxyl groups is 2. The molecular formula is C19H28O4. The standard InChI is InChI=1S/C19H28O4/c1-17-9-13(21)8-15(17)14-4-3-11-7-12(20)5-6-18(11,2)19(14,23)16(22)10-17/h11,13-15,21,23H,3-10H2,1-2H3/t11-,13+,14+,15-,17-,18-,19-/m0/s1. The molecule has 4 nitrogen and oxygen atoms in total. The number of rotatable bonds is 0. The average molecular weight is 320 g/mol. The van der Waals surface area contributed by atoms with E-state index in [9.17, 15) is 19.8 Å². The fourth-order valence-electron chi connectivity index (χ4n) is 6.86. The largest absolute Gasteiger partial charge is 0.393 e. The van der Waals surface area contributed by atoms with Crippen molar-refractivity contribution in [2.45, 2.75) is 76.9 Å². The van der Waals surface area contributed by atoms with Crippen LogP contribution in [0.5, 0.6) is 0 Å². The van der Waals surface area contributed by atoms with E-state index in [1.54, 1.807) is 0 Å². The molecule has 0 spiro atoms. The van der Waals surface area contributed by atoms with Gasteiger partial charge in [-0.25, -0.2) is 0 Å². The molecule has 0 aliphatic heterocycles. The Bertz CT molecular complexity index is 572. The summed E-state index contributed by atoms with van der Waals surface area (Å²) in [6, 6.07) is 0. The van der Waals surface area contributed by atoms with Gasteiger partial charge in [0.05, 0.1) is 6.10 Å². The smallest absolute Gasteiger partial charge is 0.165 e. The Kier molecular flexibility index (Phi) is 3.20. The van der Waals surface area contributed by atoms with Crippen molar-refractivity contribution in [3.05, 3.63) is 0 Å². The predicted molar refractivity (Wildman–Crippen MR) is 84.6 cm³/mol. The number of ketones is 2. The van der Waals surface area contributed by atoms with E-state index in [2.05, 4.69) is 6.92 Å². The lowest BCUT2D eigenvalue weighted by Crippen LogP contribution is -2.69. The Balaban J connectivity index is 1.77. The Morgan fingerprint density at radius 3 is 2.61 bits per heavy atom. The van der Waals surface area contributed by atoms with E-state index >= 15 is 0 Å². The summed E-state index contributed by atoms with van der Waals surface area (Å²) >= 11 is 0. The predicted octanol–water partition coefficient (Wildman–Crippen LogP) is 2.25. The van der Waals surface area contributed by atoms with Crippen LogP contribution in [0, 0.1) is 28.6 Å². The second-order valence-corrected chi connectivity index (χ2v) is 9.26. The highest BCUT2D eigenvalue weighted by Crippen LogP contribution is 2.66. The summed E-state index contributed by atoms with van der Waals surface area (Å²) in [5.74, 6) is 0.538. The highest BCUT2D eigenvalue weighted by Gasteiger charge is 2.69. The van der Waals surface area contributed by atoms with E-state index in [1.165, 1.54) is 0 Å². The maximum Gasteiger partial charge on any atom is 0.165 e. The van der Waals surface area contributed by atoms with Crippen LogP contribution < -0.4 is 0 Å². The van der Waals surface area contributed by atoms with Crippen molar-refractivity contribution in [2.24, 2.45) is 28.6 Å². The molecule has 0 bridgehead atoms. The van der Waals surface area contributed by atoms with E-state index in [1.807, 2.05) is 6.92 Å². The zero-order chi connectivity index (χ0) is 16.6. The van der Waals surface area contributed by atoms with Gasteiger partial charge in [-0.2, -0.15) is 0 Å². The van der Waals surface area contributed by atoms with Gasteiger partial charge in [-0.1, -0.05) is 13.8 Å². The SMILES string of the molecule is C[C@]12CC(=O)[C@@]3(O)[C@H](CC[C@H]4CC(=O)CC[C@@]43C)[C@@H]1C[C@@H](O)C2. The topological polar surface area (TPSA) is 74.6 Å². The first-order chi connectivity index (χ1) is 10.7. The van der Waals surface area contributed by atoms with E-state index < -0.39 is 11.0 Å². The Labute approximate surface area is 137 Å². The highest BCUT2D eigenvalue weighted by atomic mass is 16.3. The summed E-state index contributed by atoms with van der Waals surface area (Å²) in [6.07, 6.45) is 4.76. The van der Waals surface area contributed by atoms with Crippen molar-refractivity contribution >= 4 is 11.6 Å². The molecule has 7 atom stereocenters. The van der Waals surface area contributed by atoms with Gasteiger partial charge < -0.3 is 10.2 Å². The first kappa shape index (κ1) is 15.8. The van der Waals surface area contributed by atoms with Crippen LogP contribution in [0.2, 0.25) is 0 Å². The van der Waals surface area contributed by atoms with E-state index in [0.29, 0.717) is 38.5 Å². The van der Waals surface area contributed by atoms with Crippen molar-refractivity contribution in [1.29, 1.82) is 0 Å². The molecule has 0 saturated heterocycles. The molecule has 4 rings (SSSR count). The number of Topliss-reactive ketones (excluding diaryl/α,β-unsaturated/α-hetero) is 2. The first-order valence-corrected chi connectivity index (χ1v) is 9.16. The Morgan fingerprint density at radius 1 is 1.13 bits per heavy atom. The minimum Gasteiger partial charge on any atom is -0.393 e. The normalized spacial score (nSPS) is 56.0. The number of hydrogen-bond acceptors (Lipinski definition) is 4. The van der Waals surface area contributed by atoms with Gasteiger partial charge >= 0.3 is 0 Å². The van der Waals surface area contributed by atoms with Gasteiger partial charge in [-0.3, -0.25) is 9.59 Å². The van der Waals surface area contributed by atoms with Crippen molar-refractivity contribution in [3.8, 4) is 0 Å². The minimum atomic E-state index is -1.30. The van der Waals surface area contributed by atoms with Crippen molar-refractivity contribution in [2.75, 3.05) is 0 Å². The lowest BCUT2D eigenvalue weighted by molar-refractivity contribution is -0.220. The van der Waals surface area contributed by atoms with E-state index in [-0.39, 0.29) is 40.8 Å². The molecule has 0 amide bonds. The number of aliphatic hydroxyl groups excluding tert-OH is 1. The lowest BCUT2D eigenvalue weighted by Gasteiger charge is -2.63. The van der Waals surface area contributed by atoms with Crippen LogP contribution in [0.4, 0.5) is 0 Å². The van der Waals surface area contributed by atoms with Gasteiger partial charge in [0.1, 0.15) is 11.4 Å². The van der Waals surface area contributed by atoms with Crippen LogP contribution in [-0.4, -0.2) is 33.5 Å². The maximum atomic E-state index is 13.1. The van der Waals surface area contributed by atoms with Crippen molar-refractivity contribution in [1.82, 2.24) is 0 Å². The molecule has 0 aromatic rings. The fourth-order valence-corrected chi connectivity index (χ4v) is 6.86. The summed E-state index contributed by atoms with van der Waals surface area (Å²) < 4.78 is 0. The molecule has 4 fully saturated rings. The monoisotopic (exact) mass is 320 g/mol. The van der Waals surface area contributed by atoms with Gasteiger partial charge in [0.15, 0.2) is 5.78 Å². The Hall–Kier alpha value is -0.740. The molecule has 23 heavy (non-hydrogen) atoms. The van der Waals surface area contributed by atoms with Crippen LogP contribution in [0.15, 0.2) is 0 Å². The molecule has 0 aromatic heterocycles. The maximum absolute atomic E-state index is 13.1. The third-order valence-electron chi connectivity index (χ3n) is 8.13. The van der Waals surface area contributed by atoms with Gasteiger partial charge in [0, 0.05) is 24.7 Å². The van der Waals surface area contributed by atoms with Crippen LogP contribution >= 0.6 is 0 Å². The summed E-state index contributed by atoms with van der Waals surface area (Å²) in [7, 11) is 0. The summed E-state index contributed by atoms with van der Waals surface area (Å²) in [5.41, 5.74) is -1.94. The van der Waals surface area contributed by atoms with Crippen LogP contribution in [0.1, 0.15) is 65.2 Å². The van der Waals surface area contributed by atoms with Gasteiger partial charge in [-0.15, -0.1) is 0 Å². The van der Waals surface area contributed by atoms with Crippen LogP contribution in [0.25, 0.3) is 0 Å². The number of hydrogen-bond donors (Lipinski definition) is 2. The first-order valence-electron chi connectivity index (χ1n) is 9.16. The number of fused-ring (bicyclic) bond motifs is 5. The third-order valence-corrected chi connectivity index (χ3v) is 8.13. The average Bonchev–Trinajstić information content (AvgIpc) is 2.76. The second kappa shape index (κ2) is 4.66. The molecular weight excluding hydrogens is 292 g/mol. The zero-order valence-corrected chi connectivity index (χ0v) is 14.2. The molecule has 2 N–H and O–H groups in total. The minimum absolute atomic E-state index is 0.0306. The molecule has 0 unspecified atom stereocenters. The molecule has 0 heterocycles. The molecule has 4 aliphatic carbocycles. The van der Waals surface area contributed by atoms with Crippen molar-refractivity contribution < 1.29 is 19.8 Å². The van der Waals surface area contributed by atoms with Gasteiger partial charge in [0.25, 0.3) is 0 Å². The molecule has 0 aromatic carbocycles. The molecule has 4 aliphatic rings. The van der Waals surface area contributed by atoms with Gasteiger partial charge in [-0.05, 0) is 55.3 Å². The number of carbonyl (C=O) groups is 2. The summed E-state index contributed by atoms with van der Waals surface area (Å²) in [6.45, 7) is 4.16. The highest BCUT2D eigenvalue weighted by molar-refractivity contribution is 5.91. The van der Waals surface area contributed by atoms with E-state index in [4.69, 9.17) is 0 Å². The fraction of sp³-hybridized carbons (Fsp3) is 0.895. The quantitative estimate of drug-likeness (QED) is 0.718. The molecule has 4 heteroatoms.